The second-order valence-corrected chi connectivity index (χ2v) is 11.8. The number of fused-ring (bicyclic) bond motifs is 1. The zero-order chi connectivity index (χ0) is 32.2. The van der Waals surface area contributed by atoms with Crippen molar-refractivity contribution in [2.24, 2.45) is 0 Å². The quantitative estimate of drug-likeness (QED) is 0.327. The minimum absolute atomic E-state index is 0.0665. The zero-order valence-corrected chi connectivity index (χ0v) is 26.1. The Balaban J connectivity index is 1.18. The van der Waals surface area contributed by atoms with Crippen LogP contribution in [0.5, 0.6) is 0 Å². The number of carbonyl (C=O) groups is 4. The maximum atomic E-state index is 13.8. The molecule has 9 nitrogen and oxygen atoms in total. The van der Waals surface area contributed by atoms with Gasteiger partial charge in [-0.05, 0) is 73.1 Å². The van der Waals surface area contributed by atoms with Gasteiger partial charge in [-0.3, -0.25) is 19.2 Å². The monoisotopic (exact) mass is 615 g/mol. The number of hydrogen-bond donors (Lipinski definition) is 1. The average molecular weight is 616 g/mol. The summed E-state index contributed by atoms with van der Waals surface area (Å²) in [6.07, 6.45) is 0.0882. The molecule has 2 aliphatic rings. The fourth-order valence-corrected chi connectivity index (χ4v) is 6.03. The van der Waals surface area contributed by atoms with Crippen LogP contribution in [-0.2, 0) is 9.59 Å². The second kappa shape index (κ2) is 13.4. The molecule has 0 bridgehead atoms. The van der Waals surface area contributed by atoms with E-state index in [0.29, 0.717) is 41.3 Å². The number of aryl methyl sites for hydroxylation is 1. The summed E-state index contributed by atoms with van der Waals surface area (Å²) < 4.78 is 0. The SMILES string of the molecule is Cc1ccccc1-c1ccccc1C(=O)Nc1ccc(C(=O)N2CCC(=O)N(CC(=O)N3CCN(C)CC3)c3ccccc32)cc1. The van der Waals surface area contributed by atoms with Crippen LogP contribution in [0.2, 0.25) is 0 Å². The number of amides is 4. The largest absolute Gasteiger partial charge is 0.339 e. The van der Waals surface area contributed by atoms with Gasteiger partial charge in [0.25, 0.3) is 11.8 Å². The number of carbonyl (C=O) groups excluding carboxylic acids is 4. The Morgan fingerprint density at radius 2 is 1.35 bits per heavy atom. The Labute approximate surface area is 269 Å². The van der Waals surface area contributed by atoms with Gasteiger partial charge in [0, 0.05) is 56.0 Å². The molecule has 234 valence electrons. The van der Waals surface area contributed by atoms with E-state index >= 15 is 0 Å². The minimum atomic E-state index is -0.268. The summed E-state index contributed by atoms with van der Waals surface area (Å²) in [5.41, 5.74) is 5.56. The van der Waals surface area contributed by atoms with Crippen LogP contribution in [0, 0.1) is 6.92 Å². The lowest BCUT2D eigenvalue weighted by Gasteiger charge is -2.34. The number of piperazine rings is 1. The molecule has 46 heavy (non-hydrogen) atoms. The third-order valence-electron chi connectivity index (χ3n) is 8.70. The number of hydrogen-bond acceptors (Lipinski definition) is 5. The molecule has 0 saturated carbocycles. The smallest absolute Gasteiger partial charge is 0.258 e. The van der Waals surface area contributed by atoms with Crippen molar-refractivity contribution in [1.29, 1.82) is 0 Å². The number of likely N-dealkylation sites (N-methyl/N-ethyl adjacent to an activating group) is 1. The summed E-state index contributed by atoms with van der Waals surface area (Å²) in [4.78, 5) is 60.8. The molecule has 6 rings (SSSR count). The van der Waals surface area contributed by atoms with Crippen LogP contribution in [0.4, 0.5) is 17.1 Å². The highest BCUT2D eigenvalue weighted by molar-refractivity contribution is 6.13. The summed E-state index contributed by atoms with van der Waals surface area (Å²) in [7, 11) is 2.03. The highest BCUT2D eigenvalue weighted by Gasteiger charge is 2.32. The number of nitrogens with zero attached hydrogens (tertiary/aromatic N) is 4. The number of nitrogens with one attached hydrogen (secondary N) is 1. The minimum Gasteiger partial charge on any atom is -0.339 e. The Hall–Kier alpha value is -5.28. The summed E-state index contributed by atoms with van der Waals surface area (Å²) in [5.74, 6) is -0.816. The van der Waals surface area contributed by atoms with Crippen molar-refractivity contribution in [1.82, 2.24) is 9.80 Å². The molecule has 4 aromatic carbocycles. The fourth-order valence-electron chi connectivity index (χ4n) is 6.03. The van der Waals surface area contributed by atoms with Crippen LogP contribution in [-0.4, -0.2) is 79.7 Å². The van der Waals surface area contributed by atoms with Crippen molar-refractivity contribution < 1.29 is 19.2 Å². The summed E-state index contributed by atoms with van der Waals surface area (Å²) in [5, 5.41) is 2.96. The van der Waals surface area contributed by atoms with Crippen molar-refractivity contribution in [2.75, 3.05) is 61.4 Å². The standard InChI is InChI=1S/C37H37N5O4/c1-26-9-3-4-10-29(26)30-11-5-6-12-31(30)36(45)38-28-17-15-27(16-18-28)37(46)41-20-19-34(43)42(33-14-8-7-13-32(33)41)25-35(44)40-23-21-39(2)22-24-40/h3-18H,19-25H2,1-2H3,(H,38,45). The van der Waals surface area contributed by atoms with Crippen LogP contribution >= 0.6 is 0 Å². The molecule has 2 heterocycles. The highest BCUT2D eigenvalue weighted by Crippen LogP contribution is 2.34. The van der Waals surface area contributed by atoms with Gasteiger partial charge in [0.2, 0.25) is 11.8 Å². The van der Waals surface area contributed by atoms with E-state index in [0.717, 1.165) is 29.8 Å². The van der Waals surface area contributed by atoms with E-state index in [1.54, 1.807) is 52.3 Å². The summed E-state index contributed by atoms with van der Waals surface area (Å²) in [6, 6.07) is 29.4. The van der Waals surface area contributed by atoms with Crippen LogP contribution in [0.25, 0.3) is 11.1 Å². The van der Waals surface area contributed by atoms with E-state index in [2.05, 4.69) is 10.2 Å². The predicted molar refractivity (Wildman–Crippen MR) is 180 cm³/mol. The number of anilines is 3. The predicted octanol–water partition coefficient (Wildman–Crippen LogP) is 5.07. The van der Waals surface area contributed by atoms with Crippen LogP contribution in [0.3, 0.4) is 0 Å². The summed E-state index contributed by atoms with van der Waals surface area (Å²) in [6.45, 7) is 4.97. The zero-order valence-electron chi connectivity index (χ0n) is 26.1. The molecule has 1 fully saturated rings. The maximum absolute atomic E-state index is 13.8. The Kier molecular flexibility index (Phi) is 8.94. The summed E-state index contributed by atoms with van der Waals surface area (Å²) >= 11 is 0. The molecule has 0 radical (unpaired) electrons. The molecule has 2 aliphatic heterocycles. The molecule has 1 N–H and O–H groups in total. The molecule has 0 atom stereocenters. The van der Waals surface area contributed by atoms with Crippen molar-refractivity contribution in [3.05, 3.63) is 114 Å². The van der Waals surface area contributed by atoms with Gasteiger partial charge >= 0.3 is 0 Å². The fraction of sp³-hybridized carbons (Fsp3) is 0.243. The molecule has 4 aromatic rings. The number of benzene rings is 4. The molecule has 0 unspecified atom stereocenters. The van der Waals surface area contributed by atoms with Crippen LogP contribution < -0.4 is 15.1 Å². The van der Waals surface area contributed by atoms with Gasteiger partial charge in [-0.1, -0.05) is 54.6 Å². The van der Waals surface area contributed by atoms with Crippen molar-refractivity contribution in [3.63, 3.8) is 0 Å². The number of para-hydroxylation sites is 2. The Bertz CT molecular complexity index is 1780. The molecule has 0 spiro atoms. The number of rotatable bonds is 6. The van der Waals surface area contributed by atoms with Crippen molar-refractivity contribution in [3.8, 4) is 11.1 Å². The molecule has 1 saturated heterocycles. The van der Waals surface area contributed by atoms with Gasteiger partial charge in [0.1, 0.15) is 6.54 Å². The molecule has 4 amide bonds. The third kappa shape index (κ3) is 6.41. The van der Waals surface area contributed by atoms with E-state index in [1.165, 1.54) is 4.90 Å². The van der Waals surface area contributed by atoms with Gasteiger partial charge < -0.3 is 24.9 Å². The van der Waals surface area contributed by atoms with Gasteiger partial charge in [0.15, 0.2) is 0 Å². The second-order valence-electron chi connectivity index (χ2n) is 11.8. The molecule has 9 heteroatoms. The molecular weight excluding hydrogens is 578 g/mol. The van der Waals surface area contributed by atoms with E-state index < -0.39 is 0 Å². The molecule has 0 aromatic heterocycles. The van der Waals surface area contributed by atoms with Crippen molar-refractivity contribution >= 4 is 40.7 Å². The van der Waals surface area contributed by atoms with Crippen LogP contribution in [0.1, 0.15) is 32.7 Å². The molecule has 0 aliphatic carbocycles. The Morgan fingerprint density at radius 3 is 2.07 bits per heavy atom. The lowest BCUT2D eigenvalue weighted by molar-refractivity contribution is -0.132. The maximum Gasteiger partial charge on any atom is 0.258 e. The first-order chi connectivity index (χ1) is 22.3. The average Bonchev–Trinajstić information content (AvgIpc) is 3.21. The first-order valence-electron chi connectivity index (χ1n) is 15.5. The van der Waals surface area contributed by atoms with Gasteiger partial charge in [-0.15, -0.1) is 0 Å². The molecular formula is C37H37N5O4. The van der Waals surface area contributed by atoms with Gasteiger partial charge in [0.05, 0.1) is 11.4 Å². The van der Waals surface area contributed by atoms with E-state index in [9.17, 15) is 19.2 Å². The first-order valence-corrected chi connectivity index (χ1v) is 15.5. The van der Waals surface area contributed by atoms with Crippen LogP contribution in [0.15, 0.2) is 97.1 Å². The van der Waals surface area contributed by atoms with E-state index in [4.69, 9.17) is 0 Å². The first kappa shape index (κ1) is 30.7. The lowest BCUT2D eigenvalue weighted by Crippen LogP contribution is -2.50. The topological polar surface area (TPSA) is 93.3 Å². The van der Waals surface area contributed by atoms with Gasteiger partial charge in [-0.25, -0.2) is 0 Å². The van der Waals surface area contributed by atoms with E-state index in [1.807, 2.05) is 68.6 Å². The van der Waals surface area contributed by atoms with E-state index in [-0.39, 0.29) is 43.1 Å². The third-order valence-corrected chi connectivity index (χ3v) is 8.70. The normalized spacial score (nSPS) is 15.3. The highest BCUT2D eigenvalue weighted by atomic mass is 16.2. The van der Waals surface area contributed by atoms with Gasteiger partial charge in [-0.2, -0.15) is 0 Å². The van der Waals surface area contributed by atoms with Crippen molar-refractivity contribution in [2.45, 2.75) is 13.3 Å². The Morgan fingerprint density at radius 1 is 0.717 bits per heavy atom. The lowest BCUT2D eigenvalue weighted by atomic mass is 9.95.